The standard InChI is InChI=1S/C18H26N4O7/c19-10-5-11-22(28)15(24)9-4-8-14(23)20-16(17(25)26)21-18(27)29-12-13-6-2-1-3-7-13/h1-3,6-7,16,28H,4-5,8-12,19H2,(H,20,23)(H,21,27)(H,25,26). The van der Waals surface area contributed by atoms with Gasteiger partial charge in [0.15, 0.2) is 0 Å². The molecule has 1 rings (SSSR count). The molecule has 11 nitrogen and oxygen atoms in total. The molecule has 160 valence electrons. The van der Waals surface area contributed by atoms with Crippen molar-refractivity contribution in [3.8, 4) is 0 Å². The van der Waals surface area contributed by atoms with Gasteiger partial charge in [0.2, 0.25) is 18.0 Å². The summed E-state index contributed by atoms with van der Waals surface area (Å²) in [6.45, 7) is 0.360. The van der Waals surface area contributed by atoms with Gasteiger partial charge in [-0.05, 0) is 24.9 Å². The number of alkyl carbamates (subject to hydrolysis) is 1. The molecule has 0 aliphatic rings. The third-order valence-corrected chi connectivity index (χ3v) is 3.68. The van der Waals surface area contributed by atoms with Crippen LogP contribution in [0.4, 0.5) is 4.79 Å². The van der Waals surface area contributed by atoms with Crippen LogP contribution in [0.2, 0.25) is 0 Å². The summed E-state index contributed by atoms with van der Waals surface area (Å²) in [5.74, 6) is -2.72. The zero-order valence-electron chi connectivity index (χ0n) is 15.9. The van der Waals surface area contributed by atoms with E-state index < -0.39 is 30.0 Å². The van der Waals surface area contributed by atoms with E-state index in [0.29, 0.717) is 23.6 Å². The summed E-state index contributed by atoms with van der Waals surface area (Å²) < 4.78 is 4.91. The van der Waals surface area contributed by atoms with Crippen LogP contribution < -0.4 is 16.4 Å². The number of hydrogen-bond donors (Lipinski definition) is 5. The van der Waals surface area contributed by atoms with E-state index in [4.69, 9.17) is 15.6 Å². The van der Waals surface area contributed by atoms with E-state index in [2.05, 4.69) is 5.32 Å². The fraction of sp³-hybridized carbons (Fsp3) is 0.444. The molecule has 0 aliphatic carbocycles. The number of carbonyl (C=O) groups excluding carboxylic acids is 3. The first kappa shape index (κ1) is 23.9. The number of ether oxygens (including phenoxy) is 1. The molecule has 0 aliphatic heterocycles. The van der Waals surface area contributed by atoms with Crippen LogP contribution in [0, 0.1) is 0 Å². The van der Waals surface area contributed by atoms with E-state index in [1.807, 2.05) is 5.32 Å². The smallest absolute Gasteiger partial charge is 0.409 e. The molecule has 6 N–H and O–H groups in total. The van der Waals surface area contributed by atoms with Gasteiger partial charge in [-0.25, -0.2) is 14.7 Å². The lowest BCUT2D eigenvalue weighted by atomic mass is 10.2. The van der Waals surface area contributed by atoms with Crippen LogP contribution in [0.15, 0.2) is 30.3 Å². The Morgan fingerprint density at radius 3 is 2.38 bits per heavy atom. The Morgan fingerprint density at radius 2 is 1.76 bits per heavy atom. The second-order valence-electron chi connectivity index (χ2n) is 6.06. The number of nitrogens with two attached hydrogens (primary N) is 1. The molecule has 3 amide bonds. The number of carboxylic acid groups (broad SMARTS) is 1. The molecule has 0 heterocycles. The van der Waals surface area contributed by atoms with Gasteiger partial charge in [-0.2, -0.15) is 0 Å². The van der Waals surface area contributed by atoms with Crippen molar-refractivity contribution in [1.82, 2.24) is 15.7 Å². The third kappa shape index (κ3) is 10.1. The molecule has 0 saturated carbocycles. The van der Waals surface area contributed by atoms with Crippen molar-refractivity contribution in [1.29, 1.82) is 0 Å². The number of carbonyl (C=O) groups is 4. The van der Waals surface area contributed by atoms with E-state index in [9.17, 15) is 24.4 Å². The SMILES string of the molecule is NCCCN(O)C(=O)CCCC(=O)NC(NC(=O)OCc1ccccc1)C(=O)O. The van der Waals surface area contributed by atoms with E-state index >= 15 is 0 Å². The number of carboxylic acids is 1. The van der Waals surface area contributed by atoms with E-state index in [-0.39, 0.29) is 32.4 Å². The number of rotatable bonds is 12. The van der Waals surface area contributed by atoms with E-state index in [1.165, 1.54) is 0 Å². The summed E-state index contributed by atoms with van der Waals surface area (Å²) in [4.78, 5) is 46.5. The molecular formula is C18H26N4O7. The van der Waals surface area contributed by atoms with Crippen molar-refractivity contribution in [2.24, 2.45) is 5.73 Å². The number of nitrogens with one attached hydrogen (secondary N) is 2. The maximum absolute atomic E-state index is 11.9. The van der Waals surface area contributed by atoms with E-state index in [0.717, 1.165) is 0 Å². The Labute approximate surface area is 167 Å². The Kier molecular flexibility index (Phi) is 10.8. The predicted octanol–water partition coefficient (Wildman–Crippen LogP) is 0.177. The van der Waals surface area contributed by atoms with Crippen LogP contribution in [0.25, 0.3) is 0 Å². The van der Waals surface area contributed by atoms with Gasteiger partial charge in [0.1, 0.15) is 6.61 Å². The number of hydroxylamine groups is 2. The fourth-order valence-corrected chi connectivity index (χ4v) is 2.17. The molecule has 1 atom stereocenters. The highest BCUT2D eigenvalue weighted by atomic mass is 16.5. The summed E-state index contributed by atoms with van der Waals surface area (Å²) in [5.41, 5.74) is 6.00. The molecule has 11 heteroatoms. The first-order valence-corrected chi connectivity index (χ1v) is 9.02. The molecule has 29 heavy (non-hydrogen) atoms. The van der Waals surface area contributed by atoms with Crippen LogP contribution in [0.5, 0.6) is 0 Å². The minimum Gasteiger partial charge on any atom is -0.478 e. The van der Waals surface area contributed by atoms with Crippen LogP contribution in [-0.2, 0) is 25.7 Å². The average molecular weight is 410 g/mol. The summed E-state index contributed by atoms with van der Waals surface area (Å²) in [6, 6.07) is 8.78. The van der Waals surface area contributed by atoms with Crippen molar-refractivity contribution in [2.75, 3.05) is 13.1 Å². The first-order valence-electron chi connectivity index (χ1n) is 9.02. The molecule has 0 fully saturated rings. The number of amides is 3. The summed E-state index contributed by atoms with van der Waals surface area (Å²) in [6.07, 6.45) is -2.42. The topological polar surface area (TPSA) is 171 Å². The highest BCUT2D eigenvalue weighted by molar-refractivity contribution is 5.86. The third-order valence-electron chi connectivity index (χ3n) is 3.68. The number of aliphatic carboxylic acids is 1. The highest BCUT2D eigenvalue weighted by Gasteiger charge is 2.23. The lowest BCUT2D eigenvalue weighted by molar-refractivity contribution is -0.165. The number of nitrogens with zero attached hydrogens (tertiary/aromatic N) is 1. The van der Waals surface area contributed by atoms with Crippen LogP contribution in [-0.4, -0.2) is 58.5 Å². The lowest BCUT2D eigenvalue weighted by Crippen LogP contribution is -2.52. The summed E-state index contributed by atoms with van der Waals surface area (Å²) in [5, 5.41) is 23.3. The average Bonchev–Trinajstić information content (AvgIpc) is 2.70. The Balaban J connectivity index is 2.36. The van der Waals surface area contributed by atoms with Gasteiger partial charge in [0.25, 0.3) is 0 Å². The zero-order valence-corrected chi connectivity index (χ0v) is 15.9. The Bertz CT molecular complexity index is 684. The minimum atomic E-state index is -1.68. The van der Waals surface area contributed by atoms with Crippen molar-refractivity contribution >= 4 is 23.9 Å². The summed E-state index contributed by atoms with van der Waals surface area (Å²) in [7, 11) is 0. The maximum atomic E-state index is 11.9. The van der Waals surface area contributed by atoms with Crippen molar-refractivity contribution < 1.29 is 34.2 Å². The summed E-state index contributed by atoms with van der Waals surface area (Å²) >= 11 is 0. The first-order chi connectivity index (χ1) is 13.8. The fourth-order valence-electron chi connectivity index (χ4n) is 2.17. The largest absolute Gasteiger partial charge is 0.478 e. The molecule has 1 aromatic carbocycles. The van der Waals surface area contributed by atoms with Gasteiger partial charge in [0, 0.05) is 19.4 Å². The molecule has 0 radical (unpaired) electrons. The highest BCUT2D eigenvalue weighted by Crippen LogP contribution is 2.02. The Hall–Kier alpha value is -3.18. The molecular weight excluding hydrogens is 384 g/mol. The second-order valence-corrected chi connectivity index (χ2v) is 6.06. The van der Waals surface area contributed by atoms with Crippen LogP contribution in [0.1, 0.15) is 31.2 Å². The zero-order chi connectivity index (χ0) is 21.6. The van der Waals surface area contributed by atoms with Gasteiger partial charge >= 0.3 is 12.1 Å². The van der Waals surface area contributed by atoms with Crippen molar-refractivity contribution in [3.63, 3.8) is 0 Å². The quantitative estimate of drug-likeness (QED) is 0.184. The van der Waals surface area contributed by atoms with Crippen molar-refractivity contribution in [3.05, 3.63) is 35.9 Å². The molecule has 0 saturated heterocycles. The van der Waals surface area contributed by atoms with Gasteiger partial charge in [0.05, 0.1) is 0 Å². The Morgan fingerprint density at radius 1 is 1.07 bits per heavy atom. The van der Waals surface area contributed by atoms with Gasteiger partial charge in [-0.15, -0.1) is 0 Å². The molecule has 0 spiro atoms. The molecule has 1 unspecified atom stereocenters. The molecule has 0 bridgehead atoms. The second kappa shape index (κ2) is 13.1. The minimum absolute atomic E-state index is 0.0586. The van der Waals surface area contributed by atoms with Gasteiger partial charge in [-0.3, -0.25) is 20.1 Å². The normalized spacial score (nSPS) is 11.2. The number of benzene rings is 1. The van der Waals surface area contributed by atoms with Gasteiger partial charge < -0.3 is 20.9 Å². The maximum Gasteiger partial charge on any atom is 0.409 e. The van der Waals surface area contributed by atoms with E-state index in [1.54, 1.807) is 30.3 Å². The van der Waals surface area contributed by atoms with Crippen LogP contribution >= 0.6 is 0 Å². The number of hydrogen-bond acceptors (Lipinski definition) is 7. The predicted molar refractivity (Wildman–Crippen MR) is 100 cm³/mol. The van der Waals surface area contributed by atoms with Crippen LogP contribution in [0.3, 0.4) is 0 Å². The molecule has 0 aromatic heterocycles. The van der Waals surface area contributed by atoms with Gasteiger partial charge in [-0.1, -0.05) is 30.3 Å². The van der Waals surface area contributed by atoms with Crippen molar-refractivity contribution in [2.45, 2.75) is 38.5 Å². The lowest BCUT2D eigenvalue weighted by Gasteiger charge is -2.17. The molecule has 1 aromatic rings. The monoisotopic (exact) mass is 410 g/mol.